The number of nitrogens with one attached hydrogen (secondary N) is 1. The molecule has 0 aliphatic carbocycles. The van der Waals surface area contributed by atoms with Crippen LogP contribution in [0, 0.1) is 0 Å². The second-order valence-electron chi connectivity index (χ2n) is 4.98. The van der Waals surface area contributed by atoms with Crippen molar-refractivity contribution < 1.29 is 14.7 Å². The maximum atomic E-state index is 12.2. The van der Waals surface area contributed by atoms with Crippen LogP contribution < -0.4 is 5.32 Å². The van der Waals surface area contributed by atoms with Crippen molar-refractivity contribution in [2.75, 3.05) is 0 Å². The summed E-state index contributed by atoms with van der Waals surface area (Å²) in [4.78, 5) is 27.2. The Morgan fingerprint density at radius 1 is 1.33 bits per heavy atom. The largest absolute Gasteiger partial charge is 0.481 e. The van der Waals surface area contributed by atoms with Crippen molar-refractivity contribution in [3.8, 4) is 0 Å². The zero-order valence-electron chi connectivity index (χ0n) is 12.4. The van der Waals surface area contributed by atoms with Crippen molar-refractivity contribution in [1.82, 2.24) is 10.3 Å². The quantitative estimate of drug-likeness (QED) is 0.723. The summed E-state index contributed by atoms with van der Waals surface area (Å²) >= 11 is 5.93. The molecule has 0 aromatic carbocycles. The molecule has 2 N–H and O–H groups in total. The van der Waals surface area contributed by atoms with Crippen LogP contribution in [0.3, 0.4) is 0 Å². The van der Waals surface area contributed by atoms with E-state index in [1.807, 2.05) is 13.8 Å². The molecule has 0 aliphatic rings. The average molecular weight is 313 g/mol. The van der Waals surface area contributed by atoms with Crippen LogP contribution in [0.4, 0.5) is 0 Å². The molecule has 1 atom stereocenters. The lowest BCUT2D eigenvalue weighted by Gasteiger charge is -2.16. The summed E-state index contributed by atoms with van der Waals surface area (Å²) in [6.45, 7) is 3.97. The number of carbonyl (C=O) groups excluding carboxylic acids is 1. The topological polar surface area (TPSA) is 79.3 Å². The van der Waals surface area contributed by atoms with Crippen molar-refractivity contribution in [3.05, 3.63) is 28.5 Å². The standard InChI is InChI=1S/C15H21ClN2O3/c1-3-5-11-7-10(8-13(16)17-11)15(21)18-12(6-4-2)9-14(19)20/h7-8,12H,3-6,9H2,1-2H3,(H,18,21)(H,19,20). The molecule has 5 nitrogen and oxygen atoms in total. The third-order valence-electron chi connectivity index (χ3n) is 3.01. The number of aryl methyl sites for hydroxylation is 1. The number of amides is 1. The van der Waals surface area contributed by atoms with E-state index in [1.165, 1.54) is 6.07 Å². The molecule has 0 fully saturated rings. The van der Waals surface area contributed by atoms with Crippen LogP contribution in [0.15, 0.2) is 12.1 Å². The van der Waals surface area contributed by atoms with Gasteiger partial charge in [-0.15, -0.1) is 0 Å². The minimum Gasteiger partial charge on any atom is -0.481 e. The van der Waals surface area contributed by atoms with Gasteiger partial charge >= 0.3 is 5.97 Å². The minimum absolute atomic E-state index is 0.0831. The van der Waals surface area contributed by atoms with Gasteiger partial charge in [0.05, 0.1) is 6.42 Å². The lowest BCUT2D eigenvalue weighted by molar-refractivity contribution is -0.137. The molecule has 1 amide bonds. The first kappa shape index (κ1) is 17.4. The van der Waals surface area contributed by atoms with Crippen LogP contribution >= 0.6 is 11.6 Å². The number of carboxylic acid groups (broad SMARTS) is 1. The fourth-order valence-corrected chi connectivity index (χ4v) is 2.35. The molecular formula is C15H21ClN2O3. The summed E-state index contributed by atoms with van der Waals surface area (Å²) in [6, 6.07) is 2.83. The summed E-state index contributed by atoms with van der Waals surface area (Å²) in [5.41, 5.74) is 1.19. The van der Waals surface area contributed by atoms with Crippen molar-refractivity contribution in [1.29, 1.82) is 0 Å². The first-order valence-corrected chi connectivity index (χ1v) is 7.53. The molecule has 1 unspecified atom stereocenters. The molecule has 6 heteroatoms. The Balaban J connectivity index is 2.83. The van der Waals surface area contributed by atoms with E-state index in [1.54, 1.807) is 6.07 Å². The van der Waals surface area contributed by atoms with Crippen LogP contribution in [0.1, 0.15) is 55.6 Å². The van der Waals surface area contributed by atoms with E-state index in [4.69, 9.17) is 16.7 Å². The molecule has 21 heavy (non-hydrogen) atoms. The van der Waals surface area contributed by atoms with Crippen LogP contribution in [-0.2, 0) is 11.2 Å². The van der Waals surface area contributed by atoms with Crippen molar-refractivity contribution in [2.45, 2.75) is 52.0 Å². The van der Waals surface area contributed by atoms with Gasteiger partial charge in [0, 0.05) is 17.3 Å². The van der Waals surface area contributed by atoms with Gasteiger partial charge < -0.3 is 10.4 Å². The monoisotopic (exact) mass is 312 g/mol. The zero-order valence-corrected chi connectivity index (χ0v) is 13.1. The van der Waals surface area contributed by atoms with Crippen molar-refractivity contribution >= 4 is 23.5 Å². The molecule has 0 aliphatic heterocycles. The van der Waals surface area contributed by atoms with E-state index >= 15 is 0 Å². The minimum atomic E-state index is -0.923. The fraction of sp³-hybridized carbons (Fsp3) is 0.533. The maximum Gasteiger partial charge on any atom is 0.305 e. The third-order valence-corrected chi connectivity index (χ3v) is 3.20. The fourth-order valence-electron chi connectivity index (χ4n) is 2.12. The Labute approximate surface area is 129 Å². The highest BCUT2D eigenvalue weighted by Crippen LogP contribution is 2.13. The second-order valence-corrected chi connectivity index (χ2v) is 5.36. The lowest BCUT2D eigenvalue weighted by Crippen LogP contribution is -2.36. The number of aromatic nitrogens is 1. The number of halogens is 1. The van der Waals surface area contributed by atoms with Crippen LogP contribution in [0.2, 0.25) is 5.15 Å². The normalized spacial score (nSPS) is 12.0. The van der Waals surface area contributed by atoms with E-state index in [-0.39, 0.29) is 23.5 Å². The molecule has 0 bridgehead atoms. The molecule has 0 radical (unpaired) electrons. The van der Waals surface area contributed by atoms with Gasteiger partial charge in [-0.25, -0.2) is 4.98 Å². The molecule has 1 aromatic heterocycles. The van der Waals surface area contributed by atoms with Gasteiger partial charge in [-0.1, -0.05) is 38.3 Å². The van der Waals surface area contributed by atoms with E-state index < -0.39 is 5.97 Å². The molecule has 116 valence electrons. The molecule has 0 saturated carbocycles. The third kappa shape index (κ3) is 6.12. The first-order chi connectivity index (χ1) is 9.96. The molecular weight excluding hydrogens is 292 g/mol. The SMILES string of the molecule is CCCc1cc(C(=O)NC(CCC)CC(=O)O)cc(Cl)n1. The van der Waals surface area contributed by atoms with Gasteiger partial charge in [-0.05, 0) is 25.0 Å². The summed E-state index contributed by atoms with van der Waals surface area (Å²) in [7, 11) is 0. The van der Waals surface area contributed by atoms with Gasteiger partial charge in [0.2, 0.25) is 0 Å². The predicted molar refractivity (Wildman–Crippen MR) is 81.7 cm³/mol. The van der Waals surface area contributed by atoms with E-state index in [2.05, 4.69) is 10.3 Å². The van der Waals surface area contributed by atoms with E-state index in [0.717, 1.165) is 25.0 Å². The van der Waals surface area contributed by atoms with Crippen molar-refractivity contribution in [2.24, 2.45) is 0 Å². The number of aliphatic carboxylic acids is 1. The number of hydrogen-bond acceptors (Lipinski definition) is 3. The van der Waals surface area contributed by atoms with Crippen molar-refractivity contribution in [3.63, 3.8) is 0 Å². The molecule has 1 aromatic rings. The number of pyridine rings is 1. The van der Waals surface area contributed by atoms with Gasteiger partial charge in [-0.2, -0.15) is 0 Å². The number of hydrogen-bond donors (Lipinski definition) is 2. The second kappa shape index (κ2) is 8.62. The summed E-state index contributed by atoms with van der Waals surface area (Å²) in [5.74, 6) is -1.23. The Hall–Kier alpha value is -1.62. The van der Waals surface area contributed by atoms with Gasteiger partial charge in [0.1, 0.15) is 5.15 Å². The van der Waals surface area contributed by atoms with Crippen LogP contribution in [0.5, 0.6) is 0 Å². The van der Waals surface area contributed by atoms with Gasteiger partial charge in [0.15, 0.2) is 0 Å². The highest BCUT2D eigenvalue weighted by molar-refractivity contribution is 6.29. The van der Waals surface area contributed by atoms with Gasteiger partial charge in [-0.3, -0.25) is 9.59 Å². The predicted octanol–water partition coefficient (Wildman–Crippen LogP) is 3.06. The van der Waals surface area contributed by atoms with Gasteiger partial charge in [0.25, 0.3) is 5.91 Å². The lowest BCUT2D eigenvalue weighted by atomic mass is 10.1. The highest BCUT2D eigenvalue weighted by Gasteiger charge is 2.17. The van der Waals surface area contributed by atoms with Crippen LogP contribution in [0.25, 0.3) is 0 Å². The molecule has 0 saturated heterocycles. The Morgan fingerprint density at radius 3 is 2.62 bits per heavy atom. The Kier molecular flexibility index (Phi) is 7.15. The number of rotatable bonds is 8. The average Bonchev–Trinajstić information content (AvgIpc) is 2.37. The Bertz CT molecular complexity index is 506. The smallest absolute Gasteiger partial charge is 0.305 e. The first-order valence-electron chi connectivity index (χ1n) is 7.15. The van der Waals surface area contributed by atoms with Crippen LogP contribution in [-0.4, -0.2) is 28.0 Å². The maximum absolute atomic E-state index is 12.2. The Morgan fingerprint density at radius 2 is 2.05 bits per heavy atom. The molecule has 1 heterocycles. The molecule has 1 rings (SSSR count). The highest BCUT2D eigenvalue weighted by atomic mass is 35.5. The number of carbonyl (C=O) groups is 2. The summed E-state index contributed by atoms with van der Waals surface area (Å²) in [6.07, 6.45) is 3.00. The number of carboxylic acids is 1. The molecule has 0 spiro atoms. The summed E-state index contributed by atoms with van der Waals surface area (Å²) in [5, 5.41) is 11.9. The van der Waals surface area contributed by atoms with E-state index in [0.29, 0.717) is 12.0 Å². The summed E-state index contributed by atoms with van der Waals surface area (Å²) < 4.78 is 0. The van der Waals surface area contributed by atoms with E-state index in [9.17, 15) is 9.59 Å². The number of nitrogens with zero attached hydrogens (tertiary/aromatic N) is 1. The zero-order chi connectivity index (χ0) is 15.8.